The topological polar surface area (TPSA) is 60.8 Å². The minimum Gasteiger partial charge on any atom is -0.508 e. The molecule has 2 rings (SSSR count). The fourth-order valence-electron chi connectivity index (χ4n) is 3.18. The summed E-state index contributed by atoms with van der Waals surface area (Å²) in [6.07, 6.45) is 2.07. The van der Waals surface area contributed by atoms with Crippen LogP contribution in [-0.2, 0) is 4.79 Å². The Morgan fingerprint density at radius 2 is 2.24 bits per heavy atom. The molecule has 1 aromatic rings. The van der Waals surface area contributed by atoms with Crippen molar-refractivity contribution in [2.24, 2.45) is 5.41 Å². The zero-order valence-electron chi connectivity index (χ0n) is 12.5. The zero-order chi connectivity index (χ0) is 15.6. The Bertz CT molecular complexity index is 534. The molecule has 1 saturated heterocycles. The largest absolute Gasteiger partial charge is 0.508 e. The first kappa shape index (κ1) is 15.8. The number of aliphatic carboxylic acids is 1. The van der Waals surface area contributed by atoms with Crippen LogP contribution in [0.15, 0.2) is 18.2 Å². The molecule has 0 amide bonds. The lowest BCUT2D eigenvalue weighted by Crippen LogP contribution is -2.48. The minimum atomic E-state index is -0.759. The quantitative estimate of drug-likeness (QED) is 0.895. The third-order valence-electron chi connectivity index (χ3n) is 4.73. The van der Waals surface area contributed by atoms with E-state index < -0.39 is 17.2 Å². The second-order valence-corrected chi connectivity index (χ2v) is 5.89. The molecule has 0 radical (unpaired) electrons. The summed E-state index contributed by atoms with van der Waals surface area (Å²) in [5.74, 6) is -1.31. The molecule has 2 unspecified atom stereocenters. The maximum atomic E-state index is 13.1. The number of nitrogens with zero attached hydrogens (tertiary/aromatic N) is 1. The van der Waals surface area contributed by atoms with Crippen LogP contribution >= 0.6 is 0 Å². The molecule has 1 aromatic carbocycles. The van der Waals surface area contributed by atoms with E-state index >= 15 is 0 Å². The van der Waals surface area contributed by atoms with E-state index in [2.05, 4.69) is 4.90 Å². The summed E-state index contributed by atoms with van der Waals surface area (Å²) in [6, 6.07) is 3.84. The number of phenolic OH excluding ortho intramolecular Hbond substituents is 1. The third-order valence-corrected chi connectivity index (χ3v) is 4.73. The molecular formula is C16H22FNO3. The lowest BCUT2D eigenvalue weighted by atomic mass is 9.77. The van der Waals surface area contributed by atoms with Gasteiger partial charge >= 0.3 is 5.97 Å². The first-order valence-corrected chi connectivity index (χ1v) is 7.35. The number of phenols is 1. The lowest BCUT2D eigenvalue weighted by Gasteiger charge is -2.42. The molecule has 0 spiro atoms. The first-order valence-electron chi connectivity index (χ1n) is 7.35. The predicted octanol–water partition coefficient (Wildman–Crippen LogP) is 3.17. The fraction of sp³-hybridized carbons (Fsp3) is 0.562. The Kier molecular flexibility index (Phi) is 4.52. The van der Waals surface area contributed by atoms with Crippen molar-refractivity contribution in [2.45, 2.75) is 39.2 Å². The van der Waals surface area contributed by atoms with Crippen LogP contribution in [0, 0.1) is 11.2 Å². The summed E-state index contributed by atoms with van der Waals surface area (Å²) < 4.78 is 13.1. The van der Waals surface area contributed by atoms with Crippen LogP contribution < -0.4 is 0 Å². The Morgan fingerprint density at radius 3 is 2.81 bits per heavy atom. The summed E-state index contributed by atoms with van der Waals surface area (Å²) in [5.41, 5.74) is -0.0870. The molecule has 4 nitrogen and oxygen atoms in total. The number of hydrogen-bond donors (Lipinski definition) is 2. The molecule has 116 valence electrons. The first-order chi connectivity index (χ1) is 9.89. The Labute approximate surface area is 124 Å². The van der Waals surface area contributed by atoms with Crippen molar-refractivity contribution in [3.8, 4) is 5.75 Å². The molecule has 2 N–H and O–H groups in total. The number of rotatable bonds is 4. The van der Waals surface area contributed by atoms with Crippen molar-refractivity contribution >= 4 is 5.97 Å². The van der Waals surface area contributed by atoms with E-state index in [0.29, 0.717) is 24.9 Å². The van der Waals surface area contributed by atoms with E-state index in [4.69, 9.17) is 0 Å². The van der Waals surface area contributed by atoms with Gasteiger partial charge in [0.2, 0.25) is 0 Å². The molecule has 1 aliphatic rings. The summed E-state index contributed by atoms with van der Waals surface area (Å²) >= 11 is 0. The summed E-state index contributed by atoms with van der Waals surface area (Å²) in [6.45, 7) is 5.06. The fourth-order valence-corrected chi connectivity index (χ4v) is 3.18. The molecule has 2 atom stereocenters. The number of carboxylic acids is 1. The molecule has 1 aliphatic heterocycles. The van der Waals surface area contributed by atoms with Gasteiger partial charge in [0.05, 0.1) is 5.41 Å². The number of aromatic hydroxyl groups is 1. The summed E-state index contributed by atoms with van der Waals surface area (Å²) in [7, 11) is 0. The monoisotopic (exact) mass is 295 g/mol. The molecule has 1 heterocycles. The van der Waals surface area contributed by atoms with E-state index in [1.54, 1.807) is 6.07 Å². The predicted molar refractivity (Wildman–Crippen MR) is 77.6 cm³/mol. The van der Waals surface area contributed by atoms with Crippen molar-refractivity contribution in [3.05, 3.63) is 29.6 Å². The summed E-state index contributed by atoms with van der Waals surface area (Å²) in [4.78, 5) is 13.7. The molecule has 0 saturated carbocycles. The normalized spacial score (nSPS) is 24.7. The van der Waals surface area contributed by atoms with Gasteiger partial charge in [-0.25, -0.2) is 4.39 Å². The molecular weight excluding hydrogens is 273 g/mol. The van der Waals surface area contributed by atoms with Crippen molar-refractivity contribution in [2.75, 3.05) is 13.1 Å². The SMILES string of the molecule is CCC1(C(=O)O)CCCN(C(C)c2ccc(F)cc2O)C1. The van der Waals surface area contributed by atoms with Crippen LogP contribution in [0.1, 0.15) is 44.7 Å². The molecule has 1 fully saturated rings. The molecule has 5 heteroatoms. The standard InChI is InChI=1S/C16H22FNO3/c1-3-16(15(20)21)7-4-8-18(10-16)11(2)13-6-5-12(17)9-14(13)19/h5-6,9,11,19H,3-4,7-8,10H2,1-2H3,(H,20,21). The van der Waals surface area contributed by atoms with Crippen molar-refractivity contribution in [3.63, 3.8) is 0 Å². The summed E-state index contributed by atoms with van der Waals surface area (Å²) in [5, 5.41) is 19.4. The van der Waals surface area contributed by atoms with Crippen LogP contribution in [0.4, 0.5) is 4.39 Å². The second kappa shape index (κ2) is 6.02. The van der Waals surface area contributed by atoms with E-state index in [9.17, 15) is 19.4 Å². The van der Waals surface area contributed by atoms with Crippen LogP contribution in [0.2, 0.25) is 0 Å². The van der Waals surface area contributed by atoms with E-state index in [1.165, 1.54) is 6.07 Å². The van der Waals surface area contributed by atoms with Crippen LogP contribution in [-0.4, -0.2) is 34.2 Å². The van der Waals surface area contributed by atoms with Gasteiger partial charge in [0.15, 0.2) is 0 Å². The second-order valence-electron chi connectivity index (χ2n) is 5.89. The van der Waals surface area contributed by atoms with Gasteiger partial charge in [-0.3, -0.25) is 9.69 Å². The van der Waals surface area contributed by atoms with E-state index in [-0.39, 0.29) is 11.8 Å². The van der Waals surface area contributed by atoms with Gasteiger partial charge in [0, 0.05) is 24.2 Å². The van der Waals surface area contributed by atoms with Gasteiger partial charge in [-0.2, -0.15) is 0 Å². The van der Waals surface area contributed by atoms with Crippen molar-refractivity contribution < 1.29 is 19.4 Å². The number of hydrogen-bond acceptors (Lipinski definition) is 3. The van der Waals surface area contributed by atoms with Crippen LogP contribution in [0.5, 0.6) is 5.75 Å². The molecule has 0 aliphatic carbocycles. The smallest absolute Gasteiger partial charge is 0.310 e. The Morgan fingerprint density at radius 1 is 1.52 bits per heavy atom. The minimum absolute atomic E-state index is 0.0782. The number of benzene rings is 1. The highest BCUT2D eigenvalue weighted by atomic mass is 19.1. The maximum Gasteiger partial charge on any atom is 0.310 e. The van der Waals surface area contributed by atoms with Gasteiger partial charge in [-0.1, -0.05) is 13.0 Å². The zero-order valence-corrected chi connectivity index (χ0v) is 12.5. The average molecular weight is 295 g/mol. The van der Waals surface area contributed by atoms with Crippen LogP contribution in [0.3, 0.4) is 0 Å². The third kappa shape index (κ3) is 3.02. The molecule has 0 aromatic heterocycles. The van der Waals surface area contributed by atoms with Crippen LogP contribution in [0.25, 0.3) is 0 Å². The highest BCUT2D eigenvalue weighted by molar-refractivity contribution is 5.75. The molecule has 21 heavy (non-hydrogen) atoms. The van der Waals surface area contributed by atoms with Gasteiger partial charge in [-0.05, 0) is 38.8 Å². The maximum absolute atomic E-state index is 13.1. The number of piperidine rings is 1. The highest BCUT2D eigenvalue weighted by Gasteiger charge is 2.42. The number of likely N-dealkylation sites (tertiary alicyclic amines) is 1. The van der Waals surface area contributed by atoms with E-state index in [0.717, 1.165) is 19.0 Å². The number of carbonyl (C=O) groups is 1. The van der Waals surface area contributed by atoms with Gasteiger partial charge in [-0.15, -0.1) is 0 Å². The van der Waals surface area contributed by atoms with Gasteiger partial charge in [0.25, 0.3) is 0 Å². The van der Waals surface area contributed by atoms with E-state index in [1.807, 2.05) is 13.8 Å². The Hall–Kier alpha value is -1.62. The number of halogens is 1. The lowest BCUT2D eigenvalue weighted by molar-refractivity contribution is -0.153. The average Bonchev–Trinajstić information content (AvgIpc) is 2.46. The molecule has 0 bridgehead atoms. The van der Waals surface area contributed by atoms with Crippen molar-refractivity contribution in [1.82, 2.24) is 4.90 Å². The van der Waals surface area contributed by atoms with Gasteiger partial charge < -0.3 is 10.2 Å². The highest BCUT2D eigenvalue weighted by Crippen LogP contribution is 2.38. The van der Waals surface area contributed by atoms with Crippen molar-refractivity contribution in [1.29, 1.82) is 0 Å². The Balaban J connectivity index is 2.22. The number of carboxylic acid groups (broad SMARTS) is 1. The van der Waals surface area contributed by atoms with Gasteiger partial charge in [0.1, 0.15) is 11.6 Å².